The van der Waals surface area contributed by atoms with Crippen molar-refractivity contribution in [3.05, 3.63) is 64.4 Å². The molecule has 1 heterocycles. The predicted octanol–water partition coefficient (Wildman–Crippen LogP) is 4.13. The van der Waals surface area contributed by atoms with Crippen LogP contribution in [0, 0.1) is 0 Å². The largest absolute Gasteiger partial charge is 0.337 e. The first-order valence-corrected chi connectivity index (χ1v) is 7.30. The Labute approximate surface area is 130 Å². The van der Waals surface area contributed by atoms with E-state index >= 15 is 0 Å². The quantitative estimate of drug-likeness (QED) is 0.851. The fourth-order valence-corrected chi connectivity index (χ4v) is 2.28. The van der Waals surface area contributed by atoms with Gasteiger partial charge in [0.1, 0.15) is 0 Å². The molecule has 0 aliphatic heterocycles. The molecule has 0 aliphatic carbocycles. The first kappa shape index (κ1) is 15.5. The molecule has 0 radical (unpaired) electrons. The Morgan fingerprint density at radius 1 is 1.24 bits per heavy atom. The second kappa shape index (κ2) is 6.72. The summed E-state index contributed by atoms with van der Waals surface area (Å²) in [6.45, 7) is 4.87. The van der Waals surface area contributed by atoms with Crippen LogP contribution in [-0.4, -0.2) is 22.8 Å². The van der Waals surface area contributed by atoms with Gasteiger partial charge in [0.05, 0.1) is 10.6 Å². The monoisotopic (exact) mass is 302 g/mol. The average Bonchev–Trinajstić information content (AvgIpc) is 2.47. The van der Waals surface area contributed by atoms with Crippen LogP contribution in [0.4, 0.5) is 0 Å². The lowest BCUT2D eigenvalue weighted by Gasteiger charge is -2.18. The number of halogens is 1. The Morgan fingerprint density at radius 3 is 2.48 bits per heavy atom. The van der Waals surface area contributed by atoms with Gasteiger partial charge in [-0.3, -0.25) is 9.78 Å². The fourth-order valence-electron chi connectivity index (χ4n) is 2.09. The Bertz CT molecular complexity index is 623. The number of amides is 1. The van der Waals surface area contributed by atoms with Crippen LogP contribution >= 0.6 is 11.6 Å². The number of benzene rings is 1. The third-order valence-electron chi connectivity index (χ3n) is 3.41. The van der Waals surface area contributed by atoms with Gasteiger partial charge >= 0.3 is 0 Å². The molecule has 0 saturated heterocycles. The Morgan fingerprint density at radius 2 is 1.90 bits per heavy atom. The lowest BCUT2D eigenvalue weighted by Crippen LogP contribution is -2.26. The third-order valence-corrected chi connectivity index (χ3v) is 3.74. The Balaban J connectivity index is 2.09. The molecule has 0 spiro atoms. The zero-order chi connectivity index (χ0) is 15.4. The highest BCUT2D eigenvalue weighted by atomic mass is 35.5. The van der Waals surface area contributed by atoms with Crippen molar-refractivity contribution in [2.45, 2.75) is 26.3 Å². The maximum atomic E-state index is 12.3. The van der Waals surface area contributed by atoms with Gasteiger partial charge in [-0.05, 0) is 23.1 Å². The molecule has 0 fully saturated rings. The van der Waals surface area contributed by atoms with Gasteiger partial charge in [-0.15, -0.1) is 0 Å². The average molecular weight is 303 g/mol. The summed E-state index contributed by atoms with van der Waals surface area (Å²) in [5.74, 6) is 0.383. The van der Waals surface area contributed by atoms with E-state index in [4.69, 9.17) is 11.6 Å². The van der Waals surface area contributed by atoms with Crippen molar-refractivity contribution in [2.75, 3.05) is 7.05 Å². The van der Waals surface area contributed by atoms with Gasteiger partial charge < -0.3 is 4.90 Å². The van der Waals surface area contributed by atoms with Crippen LogP contribution in [0.1, 0.15) is 41.3 Å². The summed E-state index contributed by atoms with van der Waals surface area (Å²) in [7, 11) is 1.77. The summed E-state index contributed by atoms with van der Waals surface area (Å²) in [5, 5.41) is 0.428. The van der Waals surface area contributed by atoms with Gasteiger partial charge in [0.15, 0.2) is 0 Å². The van der Waals surface area contributed by atoms with Gasteiger partial charge in [0.25, 0.3) is 5.91 Å². The third kappa shape index (κ3) is 3.82. The molecule has 0 unspecified atom stereocenters. The van der Waals surface area contributed by atoms with Crippen molar-refractivity contribution < 1.29 is 4.79 Å². The molecule has 0 saturated carbocycles. The van der Waals surface area contributed by atoms with Crippen LogP contribution in [0.3, 0.4) is 0 Å². The van der Waals surface area contributed by atoms with E-state index in [0.717, 1.165) is 5.56 Å². The first-order valence-electron chi connectivity index (χ1n) is 6.93. The topological polar surface area (TPSA) is 33.2 Å². The summed E-state index contributed by atoms with van der Waals surface area (Å²) < 4.78 is 0. The molecule has 0 atom stereocenters. The SMILES string of the molecule is CC(C)c1ccc(CN(C)C(=O)c2cnccc2Cl)cc1. The van der Waals surface area contributed by atoms with Gasteiger partial charge in [0.2, 0.25) is 0 Å². The smallest absolute Gasteiger partial charge is 0.256 e. The molecule has 110 valence electrons. The first-order chi connectivity index (χ1) is 9.99. The summed E-state index contributed by atoms with van der Waals surface area (Å²) >= 11 is 6.03. The maximum absolute atomic E-state index is 12.3. The minimum absolute atomic E-state index is 0.124. The summed E-state index contributed by atoms with van der Waals surface area (Å²) in [6.07, 6.45) is 3.08. The van der Waals surface area contributed by atoms with Crippen molar-refractivity contribution in [3.63, 3.8) is 0 Å². The van der Waals surface area contributed by atoms with E-state index in [1.165, 1.54) is 11.8 Å². The molecule has 0 aliphatic rings. The van der Waals surface area contributed by atoms with Crippen LogP contribution in [0.2, 0.25) is 5.02 Å². The molecule has 0 bridgehead atoms. The molecule has 0 N–H and O–H groups in total. The van der Waals surface area contributed by atoms with Gasteiger partial charge in [-0.1, -0.05) is 49.7 Å². The highest BCUT2D eigenvalue weighted by Gasteiger charge is 2.15. The van der Waals surface area contributed by atoms with E-state index in [-0.39, 0.29) is 5.91 Å². The minimum Gasteiger partial charge on any atom is -0.337 e. The molecule has 3 nitrogen and oxygen atoms in total. The molecule has 1 amide bonds. The zero-order valence-corrected chi connectivity index (χ0v) is 13.3. The second-order valence-corrected chi connectivity index (χ2v) is 5.82. The van der Waals surface area contributed by atoms with E-state index < -0.39 is 0 Å². The summed E-state index contributed by atoms with van der Waals surface area (Å²) in [4.78, 5) is 17.9. The van der Waals surface area contributed by atoms with Crippen molar-refractivity contribution in [1.82, 2.24) is 9.88 Å². The lowest BCUT2D eigenvalue weighted by molar-refractivity contribution is 0.0785. The van der Waals surface area contributed by atoms with E-state index in [2.05, 4.69) is 43.1 Å². The number of rotatable bonds is 4. The molecule has 2 rings (SSSR count). The maximum Gasteiger partial charge on any atom is 0.256 e. The molecular formula is C17H19ClN2O. The van der Waals surface area contributed by atoms with E-state index in [1.54, 1.807) is 24.2 Å². The number of carbonyl (C=O) groups excluding carboxylic acids is 1. The van der Waals surface area contributed by atoms with E-state index in [0.29, 0.717) is 23.0 Å². The summed E-state index contributed by atoms with van der Waals surface area (Å²) in [5.41, 5.74) is 2.82. The highest BCUT2D eigenvalue weighted by Crippen LogP contribution is 2.18. The van der Waals surface area contributed by atoms with E-state index in [1.807, 2.05) is 0 Å². The van der Waals surface area contributed by atoms with Crippen molar-refractivity contribution in [3.8, 4) is 0 Å². The Hall–Kier alpha value is -1.87. The zero-order valence-electron chi connectivity index (χ0n) is 12.5. The van der Waals surface area contributed by atoms with Crippen LogP contribution in [-0.2, 0) is 6.54 Å². The molecule has 4 heteroatoms. The molecule has 1 aromatic carbocycles. The number of carbonyl (C=O) groups is 1. The molecule has 1 aromatic heterocycles. The number of nitrogens with zero attached hydrogens (tertiary/aromatic N) is 2. The normalized spacial score (nSPS) is 10.7. The lowest BCUT2D eigenvalue weighted by atomic mass is 10.0. The van der Waals surface area contributed by atoms with Crippen LogP contribution in [0.25, 0.3) is 0 Å². The van der Waals surface area contributed by atoms with Crippen molar-refractivity contribution in [2.24, 2.45) is 0 Å². The number of aromatic nitrogens is 1. The summed E-state index contributed by atoms with van der Waals surface area (Å²) in [6, 6.07) is 9.96. The number of pyridine rings is 1. The number of hydrogen-bond donors (Lipinski definition) is 0. The van der Waals surface area contributed by atoms with Crippen molar-refractivity contribution >= 4 is 17.5 Å². The second-order valence-electron chi connectivity index (χ2n) is 5.41. The van der Waals surface area contributed by atoms with Crippen molar-refractivity contribution in [1.29, 1.82) is 0 Å². The van der Waals surface area contributed by atoms with Gasteiger partial charge in [-0.2, -0.15) is 0 Å². The van der Waals surface area contributed by atoms with Gasteiger partial charge in [0, 0.05) is 26.0 Å². The minimum atomic E-state index is -0.124. The van der Waals surface area contributed by atoms with E-state index in [9.17, 15) is 4.79 Å². The number of hydrogen-bond acceptors (Lipinski definition) is 2. The predicted molar refractivity (Wildman–Crippen MR) is 85.6 cm³/mol. The van der Waals surface area contributed by atoms with Crippen LogP contribution < -0.4 is 0 Å². The van der Waals surface area contributed by atoms with Crippen LogP contribution in [0.15, 0.2) is 42.7 Å². The molecular weight excluding hydrogens is 284 g/mol. The standard InChI is InChI=1S/C17H19ClN2O/c1-12(2)14-6-4-13(5-7-14)11-20(3)17(21)15-10-19-9-8-16(15)18/h4-10,12H,11H2,1-3H3. The molecule has 2 aromatic rings. The van der Waals surface area contributed by atoms with Crippen LogP contribution in [0.5, 0.6) is 0 Å². The highest BCUT2D eigenvalue weighted by molar-refractivity contribution is 6.33. The van der Waals surface area contributed by atoms with Gasteiger partial charge in [-0.25, -0.2) is 0 Å². The fraction of sp³-hybridized carbons (Fsp3) is 0.294. The Kier molecular flexibility index (Phi) is 4.97. The molecule has 21 heavy (non-hydrogen) atoms.